The molecular formula is C31H42N6O8S. The number of carbonyl (C=O) groups is 4. The van der Waals surface area contributed by atoms with Crippen LogP contribution in [0.3, 0.4) is 0 Å². The number of benzene rings is 2. The standard InChI is InChI=1S/C31H42N6O8S/c1-31(2,3)45-30(42)34-29(32)36-14-6-7-20(18-36)17-33-26(38)16-25(28(41)37(19-27(39)40)23-11-12-23)35-46(43,44)24-13-10-21-8-4-5-9-22(21)15-24/h4-5,8-10,13,15,20,23,25,35H,6-7,11-12,14,16-19H2,1-3H3,(H,33,38)(H,39,40)(H2,32,34,42)/t20-,25-/m0/s1. The third-order valence-corrected chi connectivity index (χ3v) is 9.10. The summed E-state index contributed by atoms with van der Waals surface area (Å²) in [6.45, 7) is 5.65. The van der Waals surface area contributed by atoms with Gasteiger partial charge in [-0.2, -0.15) is 4.72 Å². The summed E-state index contributed by atoms with van der Waals surface area (Å²) < 4.78 is 34.5. The summed E-state index contributed by atoms with van der Waals surface area (Å²) in [6.07, 6.45) is 1.34. The molecule has 0 spiro atoms. The fourth-order valence-corrected chi connectivity index (χ4v) is 6.54. The molecule has 0 bridgehead atoms. The molecule has 0 aromatic heterocycles. The number of carbonyl (C=O) groups excluding carboxylic acids is 3. The van der Waals surface area contributed by atoms with Crippen molar-refractivity contribution in [3.05, 3.63) is 42.5 Å². The molecule has 2 aromatic rings. The zero-order valence-electron chi connectivity index (χ0n) is 26.2. The van der Waals surface area contributed by atoms with Crippen molar-refractivity contribution in [3.63, 3.8) is 0 Å². The summed E-state index contributed by atoms with van der Waals surface area (Å²) in [5.74, 6) is -2.82. The first-order chi connectivity index (χ1) is 21.6. The van der Waals surface area contributed by atoms with Gasteiger partial charge in [0.1, 0.15) is 18.2 Å². The van der Waals surface area contributed by atoms with Crippen molar-refractivity contribution >= 4 is 50.6 Å². The Hall–Kier alpha value is -4.24. The second kappa shape index (κ2) is 14.5. The van der Waals surface area contributed by atoms with E-state index in [4.69, 9.17) is 10.1 Å². The van der Waals surface area contributed by atoms with Crippen LogP contribution in [-0.4, -0.2) is 97.0 Å². The topological polar surface area (TPSA) is 198 Å². The van der Waals surface area contributed by atoms with Gasteiger partial charge in [0.25, 0.3) is 0 Å². The maximum Gasteiger partial charge on any atom is 0.414 e. The number of likely N-dealkylation sites (tertiary alicyclic amines) is 1. The minimum atomic E-state index is -4.28. The molecular weight excluding hydrogens is 616 g/mol. The molecule has 2 aliphatic rings. The molecule has 4 rings (SSSR count). The first kappa shape index (κ1) is 34.6. The van der Waals surface area contributed by atoms with Crippen LogP contribution in [0.15, 0.2) is 47.4 Å². The van der Waals surface area contributed by atoms with Crippen LogP contribution in [0.1, 0.15) is 52.9 Å². The van der Waals surface area contributed by atoms with E-state index in [-0.39, 0.29) is 29.4 Å². The van der Waals surface area contributed by atoms with Gasteiger partial charge in [0, 0.05) is 25.7 Å². The maximum absolute atomic E-state index is 13.6. The molecule has 3 amide bonds. The van der Waals surface area contributed by atoms with Crippen molar-refractivity contribution in [1.29, 1.82) is 5.41 Å². The lowest BCUT2D eigenvalue weighted by Gasteiger charge is -2.34. The Morgan fingerprint density at radius 2 is 1.78 bits per heavy atom. The molecule has 1 aliphatic carbocycles. The Morgan fingerprint density at radius 3 is 2.43 bits per heavy atom. The van der Waals surface area contributed by atoms with E-state index in [0.717, 1.165) is 16.7 Å². The van der Waals surface area contributed by atoms with Crippen molar-refractivity contribution < 1.29 is 37.4 Å². The lowest BCUT2D eigenvalue weighted by molar-refractivity contribution is -0.146. The number of rotatable bonds is 11. The number of alkyl carbamates (subject to hydrolysis) is 1. The summed E-state index contributed by atoms with van der Waals surface area (Å²) in [5.41, 5.74) is -0.717. The van der Waals surface area contributed by atoms with Gasteiger partial charge in [-0.3, -0.25) is 25.1 Å². The molecule has 0 radical (unpaired) electrons. The normalized spacial score (nSPS) is 17.5. The maximum atomic E-state index is 13.6. The van der Waals surface area contributed by atoms with Crippen molar-refractivity contribution in [3.8, 4) is 0 Å². The highest BCUT2D eigenvalue weighted by atomic mass is 32.2. The van der Waals surface area contributed by atoms with Gasteiger partial charge in [-0.1, -0.05) is 30.3 Å². The lowest BCUT2D eigenvalue weighted by atomic mass is 9.98. The SMILES string of the molecule is CC(C)(C)OC(=O)NC(=N)N1CCC[C@@H](CNC(=O)C[C@H](NS(=O)(=O)c2ccc3ccccc3c2)C(=O)N(CC(=O)O)C2CC2)C1. The molecule has 1 saturated carbocycles. The number of carboxylic acid groups (broad SMARTS) is 1. The Labute approximate surface area is 268 Å². The number of hydrogen-bond donors (Lipinski definition) is 5. The number of fused-ring (bicyclic) bond motifs is 1. The number of guanidine groups is 1. The average molecular weight is 659 g/mol. The first-order valence-electron chi connectivity index (χ1n) is 15.2. The lowest BCUT2D eigenvalue weighted by Crippen LogP contribution is -2.53. The van der Waals surface area contributed by atoms with Crippen molar-refractivity contribution in [2.24, 2.45) is 5.92 Å². The average Bonchev–Trinajstić information content (AvgIpc) is 3.82. The molecule has 2 fully saturated rings. The van der Waals surface area contributed by atoms with Crippen LogP contribution in [0.2, 0.25) is 0 Å². The molecule has 14 nitrogen and oxygen atoms in total. The Bertz CT molecular complexity index is 1590. The fraction of sp³-hybridized carbons (Fsp3) is 0.516. The fourth-order valence-electron chi connectivity index (χ4n) is 5.32. The number of ether oxygens (including phenoxy) is 1. The van der Waals surface area contributed by atoms with E-state index in [2.05, 4.69) is 15.4 Å². The number of carboxylic acids is 1. The molecule has 250 valence electrons. The minimum Gasteiger partial charge on any atom is -0.480 e. The zero-order valence-corrected chi connectivity index (χ0v) is 27.1. The summed E-state index contributed by atoms with van der Waals surface area (Å²) in [7, 11) is -4.28. The largest absolute Gasteiger partial charge is 0.480 e. The van der Waals surface area contributed by atoms with E-state index in [9.17, 15) is 32.7 Å². The van der Waals surface area contributed by atoms with E-state index < -0.39 is 58.5 Å². The highest BCUT2D eigenvalue weighted by Crippen LogP contribution is 2.28. The van der Waals surface area contributed by atoms with E-state index in [0.29, 0.717) is 37.7 Å². The molecule has 1 heterocycles. The summed E-state index contributed by atoms with van der Waals surface area (Å²) in [4.78, 5) is 53.1. The second-order valence-electron chi connectivity index (χ2n) is 12.7. The van der Waals surface area contributed by atoms with Gasteiger partial charge in [-0.05, 0) is 75.3 Å². The van der Waals surface area contributed by atoms with Crippen molar-refractivity contribution in [2.75, 3.05) is 26.2 Å². The van der Waals surface area contributed by atoms with Gasteiger partial charge < -0.3 is 25.0 Å². The van der Waals surface area contributed by atoms with Crippen molar-refractivity contribution in [2.45, 2.75) is 75.5 Å². The van der Waals surface area contributed by atoms with E-state index in [1.807, 2.05) is 12.1 Å². The zero-order chi connectivity index (χ0) is 33.6. The quantitative estimate of drug-likeness (QED) is 0.178. The van der Waals surface area contributed by atoms with E-state index in [1.165, 1.54) is 12.1 Å². The molecule has 15 heteroatoms. The van der Waals surface area contributed by atoms with Crippen molar-refractivity contribution in [1.82, 2.24) is 25.2 Å². The number of aliphatic carboxylic acids is 1. The van der Waals surface area contributed by atoms with Gasteiger partial charge in [-0.15, -0.1) is 0 Å². The third kappa shape index (κ3) is 9.88. The summed E-state index contributed by atoms with van der Waals surface area (Å²) in [6, 6.07) is 9.84. The summed E-state index contributed by atoms with van der Waals surface area (Å²) >= 11 is 0. The number of amides is 3. The van der Waals surface area contributed by atoms with E-state index >= 15 is 0 Å². The van der Waals surface area contributed by atoms with Crippen LogP contribution in [-0.2, 0) is 29.1 Å². The van der Waals surface area contributed by atoms with Gasteiger partial charge in [-0.25, -0.2) is 13.2 Å². The minimum absolute atomic E-state index is 0.0862. The van der Waals surface area contributed by atoms with Gasteiger partial charge in [0.05, 0.1) is 11.3 Å². The van der Waals surface area contributed by atoms with Crippen LogP contribution >= 0.6 is 0 Å². The van der Waals surface area contributed by atoms with Crippen LogP contribution in [0, 0.1) is 11.3 Å². The van der Waals surface area contributed by atoms with Gasteiger partial charge in [0.2, 0.25) is 27.8 Å². The molecule has 2 atom stereocenters. The van der Waals surface area contributed by atoms with Crippen LogP contribution in [0.25, 0.3) is 10.8 Å². The Kier molecular flexibility index (Phi) is 10.9. The number of nitrogens with zero attached hydrogens (tertiary/aromatic N) is 2. The van der Waals surface area contributed by atoms with Crippen LogP contribution < -0.4 is 15.4 Å². The molecule has 5 N–H and O–H groups in total. The smallest absolute Gasteiger partial charge is 0.414 e. The number of piperidine rings is 1. The Morgan fingerprint density at radius 1 is 1.09 bits per heavy atom. The highest BCUT2D eigenvalue weighted by Gasteiger charge is 2.39. The molecule has 46 heavy (non-hydrogen) atoms. The number of hydrogen-bond acceptors (Lipinski definition) is 8. The predicted octanol–water partition coefficient (Wildman–Crippen LogP) is 2.24. The summed E-state index contributed by atoms with van der Waals surface area (Å²) in [5, 5.41) is 24.4. The van der Waals surface area contributed by atoms with Gasteiger partial charge in [0.15, 0.2) is 0 Å². The molecule has 1 saturated heterocycles. The monoisotopic (exact) mass is 658 g/mol. The Balaban J connectivity index is 1.42. The number of nitrogens with one attached hydrogen (secondary N) is 4. The molecule has 0 unspecified atom stereocenters. The first-order valence-corrected chi connectivity index (χ1v) is 16.7. The predicted molar refractivity (Wildman–Crippen MR) is 169 cm³/mol. The van der Waals surface area contributed by atoms with E-state index in [1.54, 1.807) is 43.9 Å². The van der Waals surface area contributed by atoms with Crippen LogP contribution in [0.5, 0.6) is 0 Å². The van der Waals surface area contributed by atoms with Crippen LogP contribution in [0.4, 0.5) is 4.79 Å². The van der Waals surface area contributed by atoms with Gasteiger partial charge >= 0.3 is 12.1 Å². The third-order valence-electron chi connectivity index (χ3n) is 7.64. The molecule has 1 aliphatic heterocycles. The highest BCUT2D eigenvalue weighted by molar-refractivity contribution is 7.89. The second-order valence-corrected chi connectivity index (χ2v) is 14.4. The molecule has 2 aromatic carbocycles. The number of sulfonamides is 1.